The number of hydrogen-bond donors (Lipinski definition) is 2. The van der Waals surface area contributed by atoms with E-state index in [4.69, 9.17) is 5.73 Å². The summed E-state index contributed by atoms with van der Waals surface area (Å²) < 4.78 is 0. The zero-order valence-corrected chi connectivity index (χ0v) is 12.3. The van der Waals surface area contributed by atoms with Crippen LogP contribution >= 0.6 is 0 Å². The SMILES string of the molecule is CCC1CCC(CN)(C2(O)CCC(C)CC2)CC1. The van der Waals surface area contributed by atoms with E-state index in [1.54, 1.807) is 0 Å². The van der Waals surface area contributed by atoms with E-state index in [-0.39, 0.29) is 5.41 Å². The lowest BCUT2D eigenvalue weighted by Gasteiger charge is -2.53. The van der Waals surface area contributed by atoms with Crippen molar-refractivity contribution >= 4 is 0 Å². The van der Waals surface area contributed by atoms with Gasteiger partial charge in [-0.1, -0.05) is 20.3 Å². The van der Waals surface area contributed by atoms with Crippen molar-refractivity contribution in [3.05, 3.63) is 0 Å². The Labute approximate surface area is 112 Å². The quantitative estimate of drug-likeness (QED) is 0.809. The molecule has 2 aliphatic carbocycles. The highest BCUT2D eigenvalue weighted by Crippen LogP contribution is 2.52. The summed E-state index contributed by atoms with van der Waals surface area (Å²) in [4.78, 5) is 0. The fourth-order valence-corrected chi connectivity index (χ4v) is 4.27. The Kier molecular flexibility index (Phi) is 4.38. The summed E-state index contributed by atoms with van der Waals surface area (Å²) >= 11 is 0. The van der Waals surface area contributed by atoms with Crippen LogP contribution in [0.2, 0.25) is 0 Å². The second-order valence-electron chi connectivity index (χ2n) is 7.05. The molecule has 2 fully saturated rings. The normalized spacial score (nSPS) is 46.0. The van der Waals surface area contributed by atoms with Crippen LogP contribution in [0.5, 0.6) is 0 Å². The smallest absolute Gasteiger partial charge is 0.0716 e. The number of rotatable bonds is 3. The van der Waals surface area contributed by atoms with Gasteiger partial charge in [0.25, 0.3) is 0 Å². The summed E-state index contributed by atoms with van der Waals surface area (Å²) in [5.41, 5.74) is 5.68. The molecule has 0 saturated heterocycles. The number of aliphatic hydroxyl groups is 1. The molecule has 0 heterocycles. The monoisotopic (exact) mass is 253 g/mol. The Bertz CT molecular complexity index is 260. The predicted octanol–water partition coefficient (Wildman–Crippen LogP) is 3.47. The van der Waals surface area contributed by atoms with E-state index >= 15 is 0 Å². The summed E-state index contributed by atoms with van der Waals surface area (Å²) in [6.45, 7) is 5.27. The van der Waals surface area contributed by atoms with Crippen LogP contribution in [0.15, 0.2) is 0 Å². The fourth-order valence-electron chi connectivity index (χ4n) is 4.27. The first-order valence-electron chi connectivity index (χ1n) is 7.98. The van der Waals surface area contributed by atoms with Crippen LogP contribution in [-0.2, 0) is 0 Å². The van der Waals surface area contributed by atoms with Gasteiger partial charge < -0.3 is 10.8 Å². The first kappa shape index (κ1) is 14.3. The van der Waals surface area contributed by atoms with Crippen molar-refractivity contribution < 1.29 is 5.11 Å². The van der Waals surface area contributed by atoms with Crippen molar-refractivity contribution in [1.82, 2.24) is 0 Å². The highest BCUT2D eigenvalue weighted by molar-refractivity contribution is 5.03. The van der Waals surface area contributed by atoms with Crippen LogP contribution in [0.4, 0.5) is 0 Å². The van der Waals surface area contributed by atoms with Crippen molar-refractivity contribution in [2.45, 2.75) is 77.2 Å². The molecule has 2 saturated carbocycles. The molecule has 0 atom stereocenters. The van der Waals surface area contributed by atoms with E-state index in [9.17, 15) is 5.11 Å². The molecule has 2 rings (SSSR count). The standard InChI is InChI=1S/C16H31NO/c1-3-14-6-8-15(12-17,9-7-14)16(18)10-4-13(2)5-11-16/h13-14,18H,3-12,17H2,1-2H3. The van der Waals surface area contributed by atoms with Gasteiger partial charge in [0.15, 0.2) is 0 Å². The molecule has 2 heteroatoms. The molecular formula is C16H31NO. The van der Waals surface area contributed by atoms with Crippen molar-refractivity contribution in [3.63, 3.8) is 0 Å². The largest absolute Gasteiger partial charge is 0.389 e. The average molecular weight is 253 g/mol. The Balaban J connectivity index is 2.08. The Morgan fingerprint density at radius 2 is 1.61 bits per heavy atom. The maximum atomic E-state index is 11.1. The summed E-state index contributed by atoms with van der Waals surface area (Å²) in [5.74, 6) is 1.66. The molecule has 0 amide bonds. The van der Waals surface area contributed by atoms with Gasteiger partial charge in [0, 0.05) is 12.0 Å². The lowest BCUT2D eigenvalue weighted by molar-refractivity contribution is -0.132. The molecule has 106 valence electrons. The molecule has 2 aliphatic rings. The zero-order valence-electron chi connectivity index (χ0n) is 12.3. The highest BCUT2D eigenvalue weighted by Gasteiger charge is 2.51. The van der Waals surface area contributed by atoms with Gasteiger partial charge in [-0.05, 0) is 63.2 Å². The van der Waals surface area contributed by atoms with Crippen LogP contribution in [0.3, 0.4) is 0 Å². The predicted molar refractivity (Wildman–Crippen MR) is 76.3 cm³/mol. The molecule has 0 aromatic heterocycles. The van der Waals surface area contributed by atoms with Crippen LogP contribution in [0, 0.1) is 17.3 Å². The van der Waals surface area contributed by atoms with E-state index in [2.05, 4.69) is 13.8 Å². The van der Waals surface area contributed by atoms with Gasteiger partial charge in [-0.2, -0.15) is 0 Å². The zero-order chi connectivity index (χ0) is 13.2. The lowest BCUT2D eigenvalue weighted by Crippen LogP contribution is -2.55. The van der Waals surface area contributed by atoms with E-state index in [0.29, 0.717) is 6.54 Å². The van der Waals surface area contributed by atoms with Gasteiger partial charge in [0.2, 0.25) is 0 Å². The molecule has 18 heavy (non-hydrogen) atoms. The Morgan fingerprint density at radius 3 is 2.06 bits per heavy atom. The van der Waals surface area contributed by atoms with Gasteiger partial charge >= 0.3 is 0 Å². The third-order valence-electron chi connectivity index (χ3n) is 6.12. The van der Waals surface area contributed by atoms with E-state index in [0.717, 1.165) is 37.5 Å². The summed E-state index contributed by atoms with van der Waals surface area (Å²) in [5, 5.41) is 11.1. The molecule has 0 unspecified atom stereocenters. The topological polar surface area (TPSA) is 46.2 Å². The molecule has 2 nitrogen and oxygen atoms in total. The van der Waals surface area contributed by atoms with E-state index in [1.165, 1.54) is 32.1 Å². The lowest BCUT2D eigenvalue weighted by atomic mass is 9.56. The summed E-state index contributed by atoms with van der Waals surface area (Å²) in [6, 6.07) is 0. The molecule has 0 aliphatic heterocycles. The second kappa shape index (κ2) is 5.50. The highest BCUT2D eigenvalue weighted by atomic mass is 16.3. The minimum atomic E-state index is -0.465. The van der Waals surface area contributed by atoms with Gasteiger partial charge in [-0.3, -0.25) is 0 Å². The molecular weight excluding hydrogens is 222 g/mol. The minimum absolute atomic E-state index is 0.0266. The van der Waals surface area contributed by atoms with Crippen molar-refractivity contribution in [3.8, 4) is 0 Å². The number of hydrogen-bond acceptors (Lipinski definition) is 2. The summed E-state index contributed by atoms with van der Waals surface area (Å²) in [6.07, 6.45) is 10.4. The van der Waals surface area contributed by atoms with Crippen molar-refractivity contribution in [2.75, 3.05) is 6.54 Å². The minimum Gasteiger partial charge on any atom is -0.389 e. The first-order chi connectivity index (χ1) is 8.55. The summed E-state index contributed by atoms with van der Waals surface area (Å²) in [7, 11) is 0. The van der Waals surface area contributed by atoms with Crippen LogP contribution in [-0.4, -0.2) is 17.3 Å². The molecule has 0 aromatic carbocycles. The first-order valence-corrected chi connectivity index (χ1v) is 7.98. The van der Waals surface area contributed by atoms with Gasteiger partial charge in [0.1, 0.15) is 0 Å². The molecule has 0 radical (unpaired) electrons. The molecule has 0 spiro atoms. The Morgan fingerprint density at radius 1 is 1.06 bits per heavy atom. The fraction of sp³-hybridized carbons (Fsp3) is 1.00. The van der Waals surface area contributed by atoms with Crippen molar-refractivity contribution in [1.29, 1.82) is 0 Å². The maximum absolute atomic E-state index is 11.1. The number of nitrogens with two attached hydrogens (primary N) is 1. The van der Waals surface area contributed by atoms with E-state index in [1.807, 2.05) is 0 Å². The average Bonchev–Trinajstić information content (AvgIpc) is 2.42. The van der Waals surface area contributed by atoms with Crippen LogP contribution in [0.1, 0.15) is 71.6 Å². The molecule has 0 bridgehead atoms. The molecule has 3 N–H and O–H groups in total. The third kappa shape index (κ3) is 2.46. The maximum Gasteiger partial charge on any atom is 0.0716 e. The van der Waals surface area contributed by atoms with Gasteiger partial charge in [-0.15, -0.1) is 0 Å². The Hall–Kier alpha value is -0.0800. The second-order valence-corrected chi connectivity index (χ2v) is 7.05. The van der Waals surface area contributed by atoms with Crippen LogP contribution in [0.25, 0.3) is 0 Å². The van der Waals surface area contributed by atoms with Gasteiger partial charge in [0.05, 0.1) is 5.60 Å². The van der Waals surface area contributed by atoms with Crippen molar-refractivity contribution in [2.24, 2.45) is 23.0 Å². The van der Waals surface area contributed by atoms with Gasteiger partial charge in [-0.25, -0.2) is 0 Å². The molecule has 0 aromatic rings. The van der Waals surface area contributed by atoms with E-state index < -0.39 is 5.60 Å². The van der Waals surface area contributed by atoms with Crippen LogP contribution < -0.4 is 5.73 Å². The third-order valence-corrected chi connectivity index (χ3v) is 6.12.